The topological polar surface area (TPSA) is 27.7 Å². The Kier molecular flexibility index (Phi) is 6.77. The van der Waals surface area contributed by atoms with Gasteiger partial charge in [0, 0.05) is 29.4 Å². The van der Waals surface area contributed by atoms with E-state index in [0.717, 1.165) is 0 Å². The highest BCUT2D eigenvalue weighted by Crippen LogP contribution is 2.28. The molecule has 0 N–H and O–H groups in total. The van der Waals surface area contributed by atoms with E-state index >= 15 is 0 Å². The van der Waals surface area contributed by atoms with Gasteiger partial charge in [-0.3, -0.25) is 0 Å². The predicted octanol–water partition coefficient (Wildman–Crippen LogP) is 5.90. The minimum atomic E-state index is -0.920. The van der Waals surface area contributed by atoms with Crippen molar-refractivity contribution in [1.29, 1.82) is 0 Å². The van der Waals surface area contributed by atoms with Gasteiger partial charge in [-0.05, 0) is 36.8 Å². The van der Waals surface area contributed by atoms with Crippen LogP contribution in [0.3, 0.4) is 0 Å². The van der Waals surface area contributed by atoms with E-state index in [1.165, 1.54) is 25.3 Å². The number of methoxy groups -OCH3 is 1. The minimum Gasteiger partial charge on any atom is -0.497 e. The predicted molar refractivity (Wildman–Crippen MR) is 104 cm³/mol. The quantitative estimate of drug-likeness (QED) is 0.470. The average Bonchev–Trinajstić information content (AvgIpc) is 2.74. The van der Waals surface area contributed by atoms with E-state index in [9.17, 15) is 13.2 Å². The van der Waals surface area contributed by atoms with Gasteiger partial charge in [-0.2, -0.15) is 0 Å². The molecule has 6 heteroatoms. The standard InChI is InChI=1S/C23H21F3O3/c1-3-28-13-17-7-11-20(23(26)22(17)25)15-4-8-18(9-5-15)29-14-16-6-10-19(27-2)12-21(16)24/h4-12H,3,13-14H2,1-2H3. The van der Waals surface area contributed by atoms with Crippen LogP contribution in [0.4, 0.5) is 13.2 Å². The zero-order valence-corrected chi connectivity index (χ0v) is 16.2. The molecule has 3 nitrogen and oxygen atoms in total. The Morgan fingerprint density at radius 2 is 1.45 bits per heavy atom. The Labute approximate surface area is 167 Å². The molecule has 3 aromatic carbocycles. The summed E-state index contributed by atoms with van der Waals surface area (Å²) in [6.07, 6.45) is 0. The molecule has 3 aromatic rings. The van der Waals surface area contributed by atoms with Crippen molar-refractivity contribution in [1.82, 2.24) is 0 Å². The SMILES string of the molecule is CCOCc1ccc(-c2ccc(OCc3ccc(OC)cc3F)cc2)c(F)c1F. The Balaban J connectivity index is 1.71. The van der Waals surface area contributed by atoms with Crippen molar-refractivity contribution in [3.63, 3.8) is 0 Å². The van der Waals surface area contributed by atoms with Crippen LogP contribution < -0.4 is 9.47 Å². The lowest BCUT2D eigenvalue weighted by Gasteiger charge is -2.11. The van der Waals surface area contributed by atoms with Crippen LogP contribution in [0.1, 0.15) is 18.1 Å². The van der Waals surface area contributed by atoms with Crippen LogP contribution in [0.15, 0.2) is 54.6 Å². The van der Waals surface area contributed by atoms with Crippen molar-refractivity contribution >= 4 is 0 Å². The van der Waals surface area contributed by atoms with Gasteiger partial charge in [0.1, 0.15) is 23.9 Å². The summed E-state index contributed by atoms with van der Waals surface area (Å²) >= 11 is 0. The van der Waals surface area contributed by atoms with Crippen LogP contribution in [0.5, 0.6) is 11.5 Å². The van der Waals surface area contributed by atoms with Crippen LogP contribution in [0, 0.1) is 17.5 Å². The Hall–Kier alpha value is -2.99. The molecular formula is C23H21F3O3. The summed E-state index contributed by atoms with van der Waals surface area (Å²) in [7, 11) is 1.47. The van der Waals surface area contributed by atoms with Crippen molar-refractivity contribution in [3.8, 4) is 22.6 Å². The summed E-state index contributed by atoms with van der Waals surface area (Å²) in [5, 5.41) is 0. The molecule has 0 bridgehead atoms. The van der Waals surface area contributed by atoms with Crippen molar-refractivity contribution in [2.45, 2.75) is 20.1 Å². The molecule has 29 heavy (non-hydrogen) atoms. The number of hydrogen-bond acceptors (Lipinski definition) is 3. The van der Waals surface area contributed by atoms with Gasteiger partial charge in [0.15, 0.2) is 11.6 Å². The van der Waals surface area contributed by atoms with Crippen molar-refractivity contribution in [3.05, 3.63) is 83.2 Å². The number of halogens is 3. The molecule has 0 unspecified atom stereocenters. The molecule has 0 spiro atoms. The first-order valence-electron chi connectivity index (χ1n) is 9.13. The van der Waals surface area contributed by atoms with Crippen molar-refractivity contribution < 1.29 is 27.4 Å². The molecule has 0 fully saturated rings. The zero-order valence-electron chi connectivity index (χ0n) is 16.2. The van der Waals surface area contributed by atoms with Crippen LogP contribution in [-0.4, -0.2) is 13.7 Å². The molecule has 0 saturated carbocycles. The van der Waals surface area contributed by atoms with E-state index in [2.05, 4.69) is 0 Å². The molecule has 3 rings (SSSR count). The fourth-order valence-corrected chi connectivity index (χ4v) is 2.80. The van der Waals surface area contributed by atoms with Gasteiger partial charge < -0.3 is 14.2 Å². The highest BCUT2D eigenvalue weighted by molar-refractivity contribution is 5.65. The molecular weight excluding hydrogens is 381 g/mol. The number of benzene rings is 3. The second-order valence-electron chi connectivity index (χ2n) is 6.31. The summed E-state index contributed by atoms with van der Waals surface area (Å²) in [6.45, 7) is 2.26. The van der Waals surface area contributed by atoms with Gasteiger partial charge in [-0.25, -0.2) is 13.2 Å². The fourth-order valence-electron chi connectivity index (χ4n) is 2.80. The summed E-state index contributed by atoms with van der Waals surface area (Å²) in [6, 6.07) is 14.1. The lowest BCUT2D eigenvalue weighted by molar-refractivity contribution is 0.131. The molecule has 152 valence electrons. The average molecular weight is 402 g/mol. The van der Waals surface area contributed by atoms with Crippen LogP contribution in [-0.2, 0) is 18.0 Å². The maximum atomic E-state index is 14.4. The largest absolute Gasteiger partial charge is 0.497 e. The molecule has 0 atom stereocenters. The third-order valence-electron chi connectivity index (χ3n) is 4.44. The first-order valence-corrected chi connectivity index (χ1v) is 9.13. The van der Waals surface area contributed by atoms with Gasteiger partial charge in [-0.15, -0.1) is 0 Å². The van der Waals surface area contributed by atoms with E-state index < -0.39 is 17.5 Å². The van der Waals surface area contributed by atoms with Crippen LogP contribution >= 0.6 is 0 Å². The Bertz CT molecular complexity index is 972. The van der Waals surface area contributed by atoms with E-state index in [1.807, 2.05) is 0 Å². The van der Waals surface area contributed by atoms with E-state index in [0.29, 0.717) is 29.2 Å². The summed E-state index contributed by atoms with van der Waals surface area (Å²) in [4.78, 5) is 0. The molecule has 0 aliphatic heterocycles. The van der Waals surface area contributed by atoms with E-state index in [1.54, 1.807) is 43.3 Å². The molecule has 0 saturated heterocycles. The number of rotatable bonds is 8. The second-order valence-corrected chi connectivity index (χ2v) is 6.31. The first kappa shape index (κ1) is 20.7. The summed E-state index contributed by atoms with van der Waals surface area (Å²) < 4.78 is 58.3. The second kappa shape index (κ2) is 9.47. The molecule has 0 aliphatic carbocycles. The number of ether oxygens (including phenoxy) is 3. The van der Waals surface area contributed by atoms with E-state index in [4.69, 9.17) is 14.2 Å². The lowest BCUT2D eigenvalue weighted by Crippen LogP contribution is -2.00. The highest BCUT2D eigenvalue weighted by atomic mass is 19.2. The molecule has 0 radical (unpaired) electrons. The summed E-state index contributed by atoms with van der Waals surface area (Å²) in [5.41, 5.74) is 1.21. The lowest BCUT2D eigenvalue weighted by atomic mass is 10.0. The third kappa shape index (κ3) is 4.90. The van der Waals surface area contributed by atoms with Crippen molar-refractivity contribution in [2.75, 3.05) is 13.7 Å². The maximum absolute atomic E-state index is 14.4. The Morgan fingerprint density at radius 1 is 0.759 bits per heavy atom. The van der Waals surface area contributed by atoms with Gasteiger partial charge >= 0.3 is 0 Å². The minimum absolute atomic E-state index is 0.0221. The molecule has 0 heterocycles. The Morgan fingerprint density at radius 3 is 2.10 bits per heavy atom. The van der Waals surface area contributed by atoms with Crippen molar-refractivity contribution in [2.24, 2.45) is 0 Å². The van der Waals surface area contributed by atoms with Crippen LogP contribution in [0.2, 0.25) is 0 Å². The van der Waals surface area contributed by atoms with Crippen LogP contribution in [0.25, 0.3) is 11.1 Å². The summed E-state index contributed by atoms with van der Waals surface area (Å²) in [5.74, 6) is -1.34. The number of hydrogen-bond donors (Lipinski definition) is 0. The highest BCUT2D eigenvalue weighted by Gasteiger charge is 2.15. The third-order valence-corrected chi connectivity index (χ3v) is 4.44. The van der Waals surface area contributed by atoms with Gasteiger partial charge in [-0.1, -0.05) is 24.3 Å². The van der Waals surface area contributed by atoms with E-state index in [-0.39, 0.29) is 24.3 Å². The maximum Gasteiger partial charge on any atom is 0.167 e. The first-order chi connectivity index (χ1) is 14.0. The monoisotopic (exact) mass is 402 g/mol. The molecule has 0 amide bonds. The zero-order chi connectivity index (χ0) is 20.8. The smallest absolute Gasteiger partial charge is 0.167 e. The van der Waals surface area contributed by atoms with Gasteiger partial charge in [0.2, 0.25) is 0 Å². The fraction of sp³-hybridized carbons (Fsp3) is 0.217. The normalized spacial score (nSPS) is 10.8. The molecule has 0 aromatic heterocycles. The molecule has 0 aliphatic rings. The van der Waals surface area contributed by atoms with Gasteiger partial charge in [0.25, 0.3) is 0 Å². The van der Waals surface area contributed by atoms with Gasteiger partial charge in [0.05, 0.1) is 13.7 Å².